The number of methoxy groups -OCH3 is 1. The Labute approximate surface area is 136 Å². The van der Waals surface area contributed by atoms with Crippen molar-refractivity contribution in [2.24, 2.45) is 0 Å². The monoisotopic (exact) mass is 345 g/mol. The molecule has 0 aliphatic heterocycles. The zero-order chi connectivity index (χ0) is 18.1. The van der Waals surface area contributed by atoms with Crippen molar-refractivity contribution >= 4 is 22.7 Å². The van der Waals surface area contributed by atoms with E-state index in [1.54, 1.807) is 26.8 Å². The first-order valence-corrected chi connectivity index (χ1v) is 7.09. The van der Waals surface area contributed by atoms with E-state index in [-0.39, 0.29) is 17.0 Å². The van der Waals surface area contributed by atoms with Crippen LogP contribution in [-0.2, 0) is 11.3 Å². The lowest BCUT2D eigenvalue weighted by Crippen LogP contribution is -2.27. The molecular weight excluding hydrogens is 327 g/mol. The molecule has 1 aromatic carbocycles. The van der Waals surface area contributed by atoms with Gasteiger partial charge in [0, 0.05) is 5.39 Å². The fourth-order valence-electron chi connectivity index (χ4n) is 2.15. The zero-order valence-electron chi connectivity index (χ0n) is 13.7. The van der Waals surface area contributed by atoms with Gasteiger partial charge in [0.25, 0.3) is 0 Å². The van der Waals surface area contributed by atoms with Crippen LogP contribution in [-0.4, -0.2) is 34.8 Å². The van der Waals surface area contributed by atoms with Gasteiger partial charge >= 0.3 is 12.3 Å². The number of benzene rings is 1. The van der Waals surface area contributed by atoms with Crippen LogP contribution >= 0.6 is 0 Å². The summed E-state index contributed by atoms with van der Waals surface area (Å²) in [4.78, 5) is 11.9. The van der Waals surface area contributed by atoms with Gasteiger partial charge < -0.3 is 9.47 Å². The van der Waals surface area contributed by atoms with E-state index in [9.17, 15) is 18.0 Å². The summed E-state index contributed by atoms with van der Waals surface area (Å²) in [5, 5.41) is 6.69. The number of anilines is 1. The third-order valence-electron chi connectivity index (χ3n) is 2.93. The molecule has 0 saturated heterocycles. The summed E-state index contributed by atoms with van der Waals surface area (Å²) in [6.07, 6.45) is -3.86. The van der Waals surface area contributed by atoms with Gasteiger partial charge in [-0.2, -0.15) is 18.3 Å². The fraction of sp³-hybridized carbons (Fsp3) is 0.467. The second-order valence-corrected chi connectivity index (χ2v) is 6.13. The van der Waals surface area contributed by atoms with E-state index >= 15 is 0 Å². The molecule has 0 spiro atoms. The third kappa shape index (κ3) is 4.30. The second-order valence-electron chi connectivity index (χ2n) is 6.13. The van der Waals surface area contributed by atoms with Crippen molar-refractivity contribution in [3.05, 3.63) is 18.3 Å². The number of hydrogen-bond acceptors (Lipinski definition) is 4. The lowest BCUT2D eigenvalue weighted by atomic mass is 10.2. The quantitative estimate of drug-likeness (QED) is 0.915. The van der Waals surface area contributed by atoms with Gasteiger partial charge in [0.15, 0.2) is 5.75 Å². The van der Waals surface area contributed by atoms with E-state index in [2.05, 4.69) is 10.4 Å². The molecule has 0 radical (unpaired) electrons. The summed E-state index contributed by atoms with van der Waals surface area (Å²) in [5.41, 5.74) is -0.369. The SMILES string of the molecule is COc1c(NC(=O)OC(C)(C)C)ccc2cnn(CC(F)(F)F)c12. The van der Waals surface area contributed by atoms with E-state index in [1.807, 2.05) is 0 Å². The Morgan fingerprint density at radius 3 is 2.50 bits per heavy atom. The van der Waals surface area contributed by atoms with Crippen LogP contribution in [0.4, 0.5) is 23.7 Å². The molecule has 0 aliphatic rings. The minimum absolute atomic E-state index is 0.0834. The van der Waals surface area contributed by atoms with Crippen LogP contribution in [0, 0.1) is 0 Å². The van der Waals surface area contributed by atoms with Crippen LogP contribution in [0.25, 0.3) is 10.9 Å². The maximum absolute atomic E-state index is 12.7. The lowest BCUT2D eigenvalue weighted by Gasteiger charge is -2.20. The first-order chi connectivity index (χ1) is 11.0. The van der Waals surface area contributed by atoms with Gasteiger partial charge in [0.05, 0.1) is 19.0 Å². The standard InChI is InChI=1S/C15H18F3N3O3/c1-14(2,3)24-13(22)20-10-6-5-9-7-19-21(8-15(16,17)18)11(9)12(10)23-4/h5-7H,8H2,1-4H3,(H,20,22). The van der Waals surface area contributed by atoms with Crippen LogP contribution < -0.4 is 10.1 Å². The third-order valence-corrected chi connectivity index (χ3v) is 2.93. The molecule has 1 heterocycles. The number of carbonyl (C=O) groups is 1. The summed E-state index contributed by atoms with van der Waals surface area (Å²) in [6.45, 7) is 3.84. The number of nitrogens with zero attached hydrogens (tertiary/aromatic N) is 2. The van der Waals surface area contributed by atoms with E-state index < -0.39 is 24.4 Å². The van der Waals surface area contributed by atoms with E-state index in [0.717, 1.165) is 4.68 Å². The van der Waals surface area contributed by atoms with Gasteiger partial charge in [-0.15, -0.1) is 0 Å². The van der Waals surface area contributed by atoms with Gasteiger partial charge in [0.2, 0.25) is 0 Å². The predicted octanol–water partition coefficient (Wildman–Crippen LogP) is 3.95. The Bertz CT molecular complexity index is 748. The molecule has 1 aromatic heterocycles. The van der Waals surface area contributed by atoms with E-state index in [1.165, 1.54) is 19.4 Å². The molecule has 2 aromatic rings. The maximum Gasteiger partial charge on any atom is 0.412 e. The number of rotatable bonds is 3. The number of amides is 1. The number of hydrogen-bond donors (Lipinski definition) is 1. The largest absolute Gasteiger partial charge is 0.492 e. The molecule has 2 rings (SSSR count). The molecule has 0 bridgehead atoms. The van der Waals surface area contributed by atoms with E-state index in [0.29, 0.717) is 5.39 Å². The number of carbonyl (C=O) groups excluding carboxylic acids is 1. The molecule has 0 unspecified atom stereocenters. The van der Waals surface area contributed by atoms with Gasteiger partial charge in [-0.3, -0.25) is 10.00 Å². The summed E-state index contributed by atoms with van der Waals surface area (Å²) < 4.78 is 49.2. The van der Waals surface area contributed by atoms with Crippen LogP contribution in [0.5, 0.6) is 5.75 Å². The van der Waals surface area contributed by atoms with Crippen molar-refractivity contribution in [3.8, 4) is 5.75 Å². The van der Waals surface area contributed by atoms with Crippen LogP contribution in [0.15, 0.2) is 18.3 Å². The summed E-state index contributed by atoms with van der Waals surface area (Å²) >= 11 is 0. The Hall–Kier alpha value is -2.45. The number of fused-ring (bicyclic) bond motifs is 1. The molecule has 0 saturated carbocycles. The Kier molecular flexibility index (Phi) is 4.63. The maximum atomic E-state index is 12.7. The Morgan fingerprint density at radius 2 is 1.96 bits per heavy atom. The summed E-state index contributed by atoms with van der Waals surface area (Å²) in [5.74, 6) is 0.0834. The molecule has 132 valence electrons. The highest BCUT2D eigenvalue weighted by atomic mass is 19.4. The molecule has 6 nitrogen and oxygen atoms in total. The number of aromatic nitrogens is 2. The zero-order valence-corrected chi connectivity index (χ0v) is 13.7. The molecule has 0 fully saturated rings. The van der Waals surface area contributed by atoms with E-state index in [4.69, 9.17) is 9.47 Å². The highest BCUT2D eigenvalue weighted by Gasteiger charge is 2.30. The van der Waals surface area contributed by atoms with Crippen molar-refractivity contribution in [1.29, 1.82) is 0 Å². The first-order valence-electron chi connectivity index (χ1n) is 7.09. The average Bonchev–Trinajstić information content (AvgIpc) is 2.77. The summed E-state index contributed by atoms with van der Waals surface area (Å²) in [7, 11) is 1.31. The first kappa shape index (κ1) is 17.9. The Balaban J connectivity index is 2.41. The smallest absolute Gasteiger partial charge is 0.412 e. The molecule has 0 atom stereocenters. The predicted molar refractivity (Wildman–Crippen MR) is 82.2 cm³/mol. The molecule has 1 N–H and O–H groups in total. The van der Waals surface area contributed by atoms with Gasteiger partial charge in [-0.25, -0.2) is 4.79 Å². The number of nitrogens with one attached hydrogen (secondary N) is 1. The van der Waals surface area contributed by atoms with Crippen molar-refractivity contribution in [1.82, 2.24) is 9.78 Å². The minimum Gasteiger partial charge on any atom is -0.492 e. The molecule has 1 amide bonds. The highest BCUT2D eigenvalue weighted by Crippen LogP contribution is 2.35. The van der Waals surface area contributed by atoms with Crippen LogP contribution in [0.3, 0.4) is 0 Å². The van der Waals surface area contributed by atoms with Gasteiger partial charge in [-0.1, -0.05) is 0 Å². The molecular formula is C15H18F3N3O3. The van der Waals surface area contributed by atoms with Crippen molar-refractivity contribution in [2.75, 3.05) is 12.4 Å². The van der Waals surface area contributed by atoms with Crippen LogP contribution in [0.2, 0.25) is 0 Å². The number of ether oxygens (including phenoxy) is 2. The number of alkyl halides is 3. The molecule has 9 heteroatoms. The normalized spacial score (nSPS) is 12.3. The molecule has 0 aliphatic carbocycles. The average molecular weight is 345 g/mol. The van der Waals surface area contributed by atoms with Gasteiger partial charge in [-0.05, 0) is 32.9 Å². The van der Waals surface area contributed by atoms with Crippen LogP contribution in [0.1, 0.15) is 20.8 Å². The fourth-order valence-corrected chi connectivity index (χ4v) is 2.15. The minimum atomic E-state index is -4.43. The van der Waals surface area contributed by atoms with Gasteiger partial charge in [0.1, 0.15) is 17.7 Å². The van der Waals surface area contributed by atoms with Crippen molar-refractivity contribution in [2.45, 2.75) is 39.1 Å². The topological polar surface area (TPSA) is 65.4 Å². The summed E-state index contributed by atoms with van der Waals surface area (Å²) in [6, 6.07) is 3.06. The Morgan fingerprint density at radius 1 is 1.29 bits per heavy atom. The van der Waals surface area contributed by atoms with Crippen molar-refractivity contribution in [3.63, 3.8) is 0 Å². The van der Waals surface area contributed by atoms with Crippen molar-refractivity contribution < 1.29 is 27.4 Å². The molecule has 24 heavy (non-hydrogen) atoms. The lowest BCUT2D eigenvalue weighted by molar-refractivity contribution is -0.141. The number of halogens is 3. The highest BCUT2D eigenvalue weighted by molar-refractivity contribution is 5.96. The second kappa shape index (κ2) is 6.21.